The van der Waals surface area contributed by atoms with Gasteiger partial charge in [0.25, 0.3) is 0 Å². The molecule has 5 nitrogen and oxygen atoms in total. The minimum atomic E-state index is -0.398. The summed E-state index contributed by atoms with van der Waals surface area (Å²) in [7, 11) is 0. The first-order valence-electron chi connectivity index (χ1n) is 5.65. The van der Waals surface area contributed by atoms with Crippen molar-refractivity contribution in [2.45, 2.75) is 12.8 Å². The second-order valence-electron chi connectivity index (χ2n) is 3.92. The van der Waals surface area contributed by atoms with Crippen LogP contribution in [0.4, 0.5) is 10.5 Å². The van der Waals surface area contributed by atoms with Crippen molar-refractivity contribution in [3.8, 4) is 0 Å². The summed E-state index contributed by atoms with van der Waals surface area (Å²) in [5.41, 5.74) is 2.79. The van der Waals surface area contributed by atoms with E-state index in [9.17, 15) is 9.59 Å². The number of fused-ring (bicyclic) bond motifs is 1. The van der Waals surface area contributed by atoms with Crippen molar-refractivity contribution in [1.82, 2.24) is 10.6 Å². The lowest BCUT2D eigenvalue weighted by molar-refractivity contribution is -0.117. The summed E-state index contributed by atoms with van der Waals surface area (Å²) in [6.45, 7) is 1.26. The number of anilines is 1. The van der Waals surface area contributed by atoms with Crippen LogP contribution in [0.2, 0.25) is 0 Å². The van der Waals surface area contributed by atoms with Gasteiger partial charge >= 0.3 is 6.03 Å². The smallest absolute Gasteiger partial charge is 0.321 e. The van der Waals surface area contributed by atoms with Gasteiger partial charge in [-0.1, -0.05) is 18.2 Å². The van der Waals surface area contributed by atoms with E-state index in [1.807, 2.05) is 5.32 Å². The molecule has 0 saturated carbocycles. The Morgan fingerprint density at radius 2 is 1.88 bits per heavy atom. The van der Waals surface area contributed by atoms with Crippen molar-refractivity contribution in [2.24, 2.45) is 0 Å². The number of para-hydroxylation sites is 1. The maximum Gasteiger partial charge on any atom is 0.321 e. The first-order valence-corrected chi connectivity index (χ1v) is 5.65. The Morgan fingerprint density at radius 3 is 2.47 bits per heavy atom. The van der Waals surface area contributed by atoms with Gasteiger partial charge in [-0.15, -0.1) is 0 Å². The van der Waals surface area contributed by atoms with Crippen LogP contribution in [0, 0.1) is 0 Å². The standard InChI is InChI=1S/C9H11N.C3H4N2O2/c1-2-6-9-8(4-1)5-3-7-10-9;6-2-1-4-3(7)5-2/h1-2,4,6,10H,3,5,7H2;1H2,(H2,4,5,6,7). The predicted octanol–water partition coefficient (Wildman–Crippen LogP) is 0.870. The molecular weight excluding hydrogens is 218 g/mol. The number of nitrogens with one attached hydrogen (secondary N) is 3. The molecule has 0 atom stereocenters. The van der Waals surface area contributed by atoms with Crippen LogP contribution in [0.15, 0.2) is 24.3 Å². The predicted molar refractivity (Wildman–Crippen MR) is 64.8 cm³/mol. The third kappa shape index (κ3) is 3.21. The van der Waals surface area contributed by atoms with Crippen molar-refractivity contribution >= 4 is 17.6 Å². The Bertz CT molecular complexity index is 393. The highest BCUT2D eigenvalue weighted by Crippen LogP contribution is 2.20. The van der Waals surface area contributed by atoms with E-state index in [4.69, 9.17) is 0 Å². The summed E-state index contributed by atoms with van der Waals surface area (Å²) in [5.74, 6) is -0.259. The minimum absolute atomic E-state index is 0.124. The van der Waals surface area contributed by atoms with Gasteiger partial charge in [0, 0.05) is 12.2 Å². The lowest BCUT2D eigenvalue weighted by Crippen LogP contribution is -2.22. The molecule has 1 aromatic rings. The van der Waals surface area contributed by atoms with Crippen LogP contribution in [-0.2, 0) is 11.2 Å². The number of rotatable bonds is 0. The molecule has 0 spiro atoms. The van der Waals surface area contributed by atoms with E-state index in [1.165, 1.54) is 24.1 Å². The summed E-state index contributed by atoms with van der Waals surface area (Å²) in [4.78, 5) is 20.1. The average Bonchev–Trinajstić information content (AvgIpc) is 2.74. The molecule has 3 N–H and O–H groups in total. The van der Waals surface area contributed by atoms with Crippen molar-refractivity contribution in [1.29, 1.82) is 0 Å². The first-order chi connectivity index (χ1) is 8.25. The second kappa shape index (κ2) is 5.34. The molecule has 2 heterocycles. The van der Waals surface area contributed by atoms with E-state index in [1.54, 1.807) is 0 Å². The maximum absolute atomic E-state index is 10.1. The Morgan fingerprint density at radius 1 is 1.06 bits per heavy atom. The molecule has 17 heavy (non-hydrogen) atoms. The number of aryl methyl sites for hydroxylation is 1. The van der Waals surface area contributed by atoms with Crippen molar-refractivity contribution in [3.63, 3.8) is 0 Å². The molecule has 3 rings (SSSR count). The van der Waals surface area contributed by atoms with Crippen LogP contribution < -0.4 is 16.0 Å². The molecule has 1 fully saturated rings. The van der Waals surface area contributed by atoms with E-state index < -0.39 is 6.03 Å². The molecule has 0 unspecified atom stereocenters. The number of hydrogen-bond donors (Lipinski definition) is 3. The van der Waals surface area contributed by atoms with E-state index in [2.05, 4.69) is 34.9 Å². The SMILES string of the molecule is O=C1CNC(=O)N1.c1ccc2c(c1)CCCN2. The van der Waals surface area contributed by atoms with Crippen LogP contribution >= 0.6 is 0 Å². The summed E-state index contributed by atoms with van der Waals surface area (Å²) < 4.78 is 0. The molecular formula is C12H15N3O2. The molecule has 2 aliphatic rings. The van der Waals surface area contributed by atoms with E-state index in [0.29, 0.717) is 0 Å². The maximum atomic E-state index is 10.1. The molecule has 0 aromatic heterocycles. The van der Waals surface area contributed by atoms with E-state index in [-0.39, 0.29) is 12.5 Å². The normalized spacial score (nSPS) is 16.9. The largest absolute Gasteiger partial charge is 0.385 e. The Hall–Kier alpha value is -2.04. The van der Waals surface area contributed by atoms with Gasteiger partial charge in [0.2, 0.25) is 5.91 Å². The van der Waals surface area contributed by atoms with Crippen molar-refractivity contribution in [2.75, 3.05) is 18.4 Å². The highest BCUT2D eigenvalue weighted by Gasteiger charge is 2.14. The average molecular weight is 233 g/mol. The van der Waals surface area contributed by atoms with Gasteiger partial charge in [-0.25, -0.2) is 4.79 Å². The molecule has 0 bridgehead atoms. The number of urea groups is 1. The van der Waals surface area contributed by atoms with Gasteiger partial charge < -0.3 is 10.6 Å². The zero-order chi connectivity index (χ0) is 12.1. The topological polar surface area (TPSA) is 70.2 Å². The van der Waals surface area contributed by atoms with Gasteiger partial charge in [0.05, 0.1) is 6.54 Å². The molecule has 1 saturated heterocycles. The van der Waals surface area contributed by atoms with E-state index in [0.717, 1.165) is 6.54 Å². The summed E-state index contributed by atoms with van der Waals surface area (Å²) in [6, 6.07) is 8.13. The Kier molecular flexibility index (Phi) is 3.59. The van der Waals surface area contributed by atoms with Crippen molar-refractivity contribution < 1.29 is 9.59 Å². The quantitative estimate of drug-likeness (QED) is 0.582. The lowest BCUT2D eigenvalue weighted by atomic mass is 10.0. The van der Waals surface area contributed by atoms with Gasteiger partial charge in [-0.2, -0.15) is 0 Å². The summed E-state index contributed by atoms with van der Waals surface area (Å²) >= 11 is 0. The van der Waals surface area contributed by atoms with Crippen LogP contribution in [0.25, 0.3) is 0 Å². The van der Waals surface area contributed by atoms with Gasteiger partial charge in [0.1, 0.15) is 0 Å². The molecule has 3 amide bonds. The third-order valence-corrected chi connectivity index (χ3v) is 2.62. The third-order valence-electron chi connectivity index (χ3n) is 2.62. The van der Waals surface area contributed by atoms with E-state index >= 15 is 0 Å². The molecule has 90 valence electrons. The Balaban J connectivity index is 0.000000136. The van der Waals surface area contributed by atoms with Crippen LogP contribution in [-0.4, -0.2) is 25.0 Å². The zero-order valence-corrected chi connectivity index (χ0v) is 9.45. The molecule has 1 aromatic carbocycles. The number of imide groups is 1. The molecule has 0 radical (unpaired) electrons. The van der Waals surface area contributed by atoms with Gasteiger partial charge in [-0.05, 0) is 24.5 Å². The van der Waals surface area contributed by atoms with Crippen molar-refractivity contribution in [3.05, 3.63) is 29.8 Å². The zero-order valence-electron chi connectivity index (χ0n) is 9.45. The van der Waals surface area contributed by atoms with Crippen LogP contribution in [0.3, 0.4) is 0 Å². The monoisotopic (exact) mass is 233 g/mol. The second-order valence-corrected chi connectivity index (χ2v) is 3.92. The molecule has 0 aliphatic carbocycles. The Labute approximate surface area is 99.6 Å². The fraction of sp³-hybridized carbons (Fsp3) is 0.333. The van der Waals surface area contributed by atoms with Gasteiger partial charge in [0.15, 0.2) is 0 Å². The summed E-state index contributed by atoms with van der Waals surface area (Å²) in [5, 5.41) is 7.66. The first kappa shape index (κ1) is 11.4. The van der Waals surface area contributed by atoms with Gasteiger partial charge in [-0.3, -0.25) is 10.1 Å². The number of hydrogen-bond acceptors (Lipinski definition) is 3. The van der Waals surface area contributed by atoms with Crippen LogP contribution in [0.1, 0.15) is 12.0 Å². The molecule has 5 heteroatoms. The fourth-order valence-electron chi connectivity index (χ4n) is 1.79. The number of carbonyl (C=O) groups is 2. The molecule has 2 aliphatic heterocycles. The minimum Gasteiger partial charge on any atom is -0.385 e. The lowest BCUT2D eigenvalue weighted by Gasteiger charge is -2.16. The summed E-state index contributed by atoms with van der Waals surface area (Å²) in [6.07, 6.45) is 2.51. The fourth-order valence-corrected chi connectivity index (χ4v) is 1.79. The number of amides is 3. The number of carbonyl (C=O) groups excluding carboxylic acids is 2. The van der Waals surface area contributed by atoms with Crippen LogP contribution in [0.5, 0.6) is 0 Å². The highest BCUT2D eigenvalue weighted by molar-refractivity contribution is 6.01. The highest BCUT2D eigenvalue weighted by atomic mass is 16.2. The number of benzene rings is 1.